The van der Waals surface area contributed by atoms with E-state index in [4.69, 9.17) is 11.6 Å². The van der Waals surface area contributed by atoms with E-state index in [1.807, 2.05) is 12.1 Å². The maximum absolute atomic E-state index is 13.1. The minimum absolute atomic E-state index is 0.0705. The Hall–Kier alpha value is -1.56. The Labute approximate surface area is 156 Å². The molecular formula is C19H21ClFN2OS+. The molecular weight excluding hydrogens is 359 g/mol. The number of nitrogens with one attached hydrogen (secondary N) is 2. The summed E-state index contributed by atoms with van der Waals surface area (Å²) in [6, 6.07) is 12.5. The van der Waals surface area contributed by atoms with Crippen LogP contribution in [0.15, 0.2) is 47.4 Å². The lowest BCUT2D eigenvalue weighted by atomic mass is 10.2. The minimum Gasteiger partial charge on any atom is -0.331 e. The van der Waals surface area contributed by atoms with Gasteiger partial charge in [0.25, 0.3) is 0 Å². The fourth-order valence-electron chi connectivity index (χ4n) is 2.96. The third kappa shape index (κ3) is 5.46. The SMILES string of the molecule is O=C(CSc1ccc(F)c(Cl)c1)Nc1ccc(C[NH+]2CCCC2)cc1. The molecule has 0 aliphatic carbocycles. The van der Waals surface area contributed by atoms with E-state index < -0.39 is 5.82 Å². The van der Waals surface area contributed by atoms with Crippen molar-refractivity contribution in [2.24, 2.45) is 0 Å². The lowest BCUT2D eigenvalue weighted by Crippen LogP contribution is -3.08. The molecule has 2 N–H and O–H groups in total. The summed E-state index contributed by atoms with van der Waals surface area (Å²) >= 11 is 7.07. The second-order valence-corrected chi connectivity index (χ2v) is 7.70. The standard InChI is InChI=1S/C19H20ClFN2OS/c20-17-11-16(7-8-18(17)21)25-13-19(24)22-15-5-3-14(4-6-15)12-23-9-1-2-10-23/h3-8,11H,1-2,9-10,12-13H2,(H,22,24)/p+1. The van der Waals surface area contributed by atoms with Gasteiger partial charge in [0.1, 0.15) is 12.4 Å². The summed E-state index contributed by atoms with van der Waals surface area (Å²) in [5, 5.41) is 2.96. The van der Waals surface area contributed by atoms with Gasteiger partial charge in [-0.3, -0.25) is 4.79 Å². The highest BCUT2D eigenvalue weighted by atomic mass is 35.5. The van der Waals surface area contributed by atoms with Crippen LogP contribution in [-0.4, -0.2) is 24.7 Å². The normalized spacial score (nSPS) is 14.6. The molecule has 25 heavy (non-hydrogen) atoms. The Morgan fingerprint density at radius 2 is 1.88 bits per heavy atom. The lowest BCUT2D eigenvalue weighted by molar-refractivity contribution is -0.901. The van der Waals surface area contributed by atoms with Crippen molar-refractivity contribution in [2.45, 2.75) is 24.3 Å². The molecule has 1 amide bonds. The highest BCUT2D eigenvalue weighted by molar-refractivity contribution is 8.00. The van der Waals surface area contributed by atoms with Crippen molar-refractivity contribution in [1.29, 1.82) is 0 Å². The van der Waals surface area contributed by atoms with Crippen LogP contribution in [-0.2, 0) is 11.3 Å². The van der Waals surface area contributed by atoms with Gasteiger partial charge in [0.2, 0.25) is 5.91 Å². The Balaban J connectivity index is 1.47. The van der Waals surface area contributed by atoms with E-state index in [1.165, 1.54) is 55.4 Å². The molecule has 1 aliphatic heterocycles. The summed E-state index contributed by atoms with van der Waals surface area (Å²) in [5.41, 5.74) is 2.09. The zero-order chi connectivity index (χ0) is 17.6. The van der Waals surface area contributed by atoms with Gasteiger partial charge in [-0.25, -0.2) is 4.39 Å². The Morgan fingerprint density at radius 3 is 2.56 bits per heavy atom. The zero-order valence-corrected chi connectivity index (χ0v) is 15.4. The Bertz CT molecular complexity index is 733. The number of quaternary nitrogens is 1. The molecule has 3 nitrogen and oxygen atoms in total. The van der Waals surface area contributed by atoms with Crippen LogP contribution in [0.1, 0.15) is 18.4 Å². The Morgan fingerprint density at radius 1 is 1.16 bits per heavy atom. The summed E-state index contributed by atoms with van der Waals surface area (Å²) in [7, 11) is 0. The van der Waals surface area contributed by atoms with Crippen LogP contribution in [0.2, 0.25) is 5.02 Å². The van der Waals surface area contributed by atoms with Crippen molar-refractivity contribution >= 4 is 35.0 Å². The summed E-state index contributed by atoms with van der Waals surface area (Å²) in [5.74, 6) is -0.295. The predicted octanol–water partition coefficient (Wildman–Crippen LogP) is 3.39. The summed E-state index contributed by atoms with van der Waals surface area (Å²) in [6.45, 7) is 3.56. The van der Waals surface area contributed by atoms with Gasteiger partial charge in [-0.1, -0.05) is 23.7 Å². The molecule has 0 atom stereocenters. The van der Waals surface area contributed by atoms with E-state index in [0.29, 0.717) is 0 Å². The van der Waals surface area contributed by atoms with E-state index in [9.17, 15) is 9.18 Å². The second-order valence-electron chi connectivity index (χ2n) is 6.24. The van der Waals surface area contributed by atoms with Gasteiger partial charge in [0, 0.05) is 29.0 Å². The molecule has 1 saturated heterocycles. The van der Waals surface area contributed by atoms with Crippen LogP contribution >= 0.6 is 23.4 Å². The molecule has 1 heterocycles. The summed E-state index contributed by atoms with van der Waals surface area (Å²) in [6.07, 6.45) is 2.64. The highest BCUT2D eigenvalue weighted by Crippen LogP contribution is 2.24. The number of carbonyl (C=O) groups excluding carboxylic acids is 1. The summed E-state index contributed by atoms with van der Waals surface area (Å²) < 4.78 is 13.1. The van der Waals surface area contributed by atoms with Gasteiger partial charge in [-0.05, 0) is 30.3 Å². The molecule has 0 bridgehead atoms. The first-order chi connectivity index (χ1) is 12.1. The van der Waals surface area contributed by atoms with Gasteiger partial charge in [-0.2, -0.15) is 0 Å². The molecule has 3 rings (SSSR count). The maximum Gasteiger partial charge on any atom is 0.234 e. The fourth-order valence-corrected chi connectivity index (χ4v) is 3.94. The average molecular weight is 380 g/mol. The molecule has 132 valence electrons. The number of carbonyl (C=O) groups is 1. The van der Waals surface area contributed by atoms with Gasteiger partial charge in [-0.15, -0.1) is 11.8 Å². The number of thioether (sulfide) groups is 1. The van der Waals surface area contributed by atoms with E-state index in [0.717, 1.165) is 17.1 Å². The van der Waals surface area contributed by atoms with E-state index in [2.05, 4.69) is 17.4 Å². The second kappa shape index (κ2) is 8.70. The molecule has 2 aromatic rings. The molecule has 1 aliphatic rings. The van der Waals surface area contributed by atoms with Gasteiger partial charge in [0.05, 0.1) is 23.9 Å². The molecule has 0 radical (unpaired) electrons. The maximum atomic E-state index is 13.1. The van der Waals surface area contributed by atoms with Crippen molar-refractivity contribution in [3.63, 3.8) is 0 Å². The number of amides is 1. The smallest absolute Gasteiger partial charge is 0.234 e. The van der Waals surface area contributed by atoms with Crippen LogP contribution in [0.3, 0.4) is 0 Å². The largest absolute Gasteiger partial charge is 0.331 e. The van der Waals surface area contributed by atoms with Crippen LogP contribution in [0, 0.1) is 5.82 Å². The first kappa shape index (κ1) is 18.2. The van der Waals surface area contributed by atoms with E-state index in [1.54, 1.807) is 11.0 Å². The van der Waals surface area contributed by atoms with Gasteiger partial charge < -0.3 is 10.2 Å². The zero-order valence-electron chi connectivity index (χ0n) is 13.9. The average Bonchev–Trinajstić information content (AvgIpc) is 3.11. The van der Waals surface area contributed by atoms with E-state index >= 15 is 0 Å². The molecule has 0 aromatic heterocycles. The quantitative estimate of drug-likeness (QED) is 0.754. The fraction of sp³-hybridized carbons (Fsp3) is 0.316. The molecule has 0 spiro atoms. The van der Waals surface area contributed by atoms with E-state index in [-0.39, 0.29) is 16.7 Å². The first-order valence-electron chi connectivity index (χ1n) is 8.40. The topological polar surface area (TPSA) is 33.5 Å². The molecule has 1 fully saturated rings. The lowest BCUT2D eigenvalue weighted by Gasteiger charge is -2.12. The van der Waals surface area contributed by atoms with Crippen molar-refractivity contribution in [1.82, 2.24) is 0 Å². The van der Waals surface area contributed by atoms with Crippen LogP contribution in [0.5, 0.6) is 0 Å². The number of hydrogen-bond acceptors (Lipinski definition) is 2. The summed E-state index contributed by atoms with van der Waals surface area (Å²) in [4.78, 5) is 14.5. The number of anilines is 1. The third-order valence-corrected chi connectivity index (χ3v) is 5.55. The van der Waals surface area contributed by atoms with Crippen molar-refractivity contribution < 1.29 is 14.1 Å². The number of rotatable bonds is 6. The van der Waals surface area contributed by atoms with Crippen molar-refractivity contribution in [3.05, 3.63) is 58.9 Å². The molecule has 0 saturated carbocycles. The van der Waals surface area contributed by atoms with Gasteiger partial charge >= 0.3 is 0 Å². The van der Waals surface area contributed by atoms with Crippen LogP contribution < -0.4 is 10.2 Å². The first-order valence-corrected chi connectivity index (χ1v) is 9.77. The minimum atomic E-state index is -0.452. The number of benzene rings is 2. The van der Waals surface area contributed by atoms with Gasteiger partial charge in [0.15, 0.2) is 0 Å². The van der Waals surface area contributed by atoms with Crippen molar-refractivity contribution in [3.8, 4) is 0 Å². The number of hydrogen-bond donors (Lipinski definition) is 2. The molecule has 2 aromatic carbocycles. The highest BCUT2D eigenvalue weighted by Gasteiger charge is 2.15. The number of likely N-dealkylation sites (tertiary alicyclic amines) is 1. The molecule has 6 heteroatoms. The van der Waals surface area contributed by atoms with Crippen molar-refractivity contribution in [2.75, 3.05) is 24.2 Å². The molecule has 0 unspecified atom stereocenters. The Kier molecular flexibility index (Phi) is 6.34. The van der Waals surface area contributed by atoms with Crippen LogP contribution in [0.25, 0.3) is 0 Å². The predicted molar refractivity (Wildman–Crippen MR) is 101 cm³/mol. The van der Waals surface area contributed by atoms with Crippen LogP contribution in [0.4, 0.5) is 10.1 Å². The monoisotopic (exact) mass is 379 g/mol. The third-order valence-electron chi connectivity index (χ3n) is 4.26. The number of halogens is 2.